The number of carbonyl (C=O) groups is 1. The number of likely N-dealkylation sites (N-methyl/N-ethyl adjacent to an activating group) is 1. The summed E-state index contributed by atoms with van der Waals surface area (Å²) in [5.41, 5.74) is 0. The number of carbonyl (C=O) groups excluding carboxylic acids is 1. The molecule has 0 aliphatic carbocycles. The second-order valence-electron chi connectivity index (χ2n) is 6.06. The van der Waals surface area contributed by atoms with Crippen LogP contribution in [0.3, 0.4) is 0 Å². The van der Waals surface area contributed by atoms with Crippen LogP contribution in [0.1, 0.15) is 33.1 Å². The van der Waals surface area contributed by atoms with Crippen molar-refractivity contribution in [2.45, 2.75) is 39.2 Å². The largest absolute Gasteiger partial charge is 0.342 e. The Kier molecular flexibility index (Phi) is 6.65. The summed E-state index contributed by atoms with van der Waals surface area (Å²) in [6.07, 6.45) is 3.45. The fraction of sp³-hybridized carbons (Fsp3) is 0.929. The number of nitrogens with one attached hydrogen (secondary N) is 1. The standard InChI is InChI=1S/C14H29N3O/c1-12(2)9-13(11-16(3)4)15-10-14(18)17-7-5-6-8-17/h12-13,15H,5-11H2,1-4H3. The molecular formula is C14H29N3O. The topological polar surface area (TPSA) is 35.6 Å². The molecular weight excluding hydrogens is 226 g/mol. The molecule has 1 atom stereocenters. The molecule has 1 fully saturated rings. The first-order valence-electron chi connectivity index (χ1n) is 7.15. The quantitative estimate of drug-likeness (QED) is 0.742. The predicted molar refractivity (Wildman–Crippen MR) is 75.6 cm³/mol. The molecule has 1 saturated heterocycles. The third-order valence-electron chi connectivity index (χ3n) is 3.34. The molecule has 106 valence electrons. The summed E-state index contributed by atoms with van der Waals surface area (Å²) in [5, 5.41) is 3.43. The van der Waals surface area contributed by atoms with Gasteiger partial charge in [0.2, 0.25) is 5.91 Å². The van der Waals surface area contributed by atoms with E-state index in [1.54, 1.807) is 0 Å². The Balaban J connectivity index is 2.32. The zero-order chi connectivity index (χ0) is 13.5. The molecule has 1 aliphatic rings. The van der Waals surface area contributed by atoms with Crippen molar-refractivity contribution in [2.24, 2.45) is 5.92 Å². The summed E-state index contributed by atoms with van der Waals surface area (Å²) in [4.78, 5) is 16.1. The number of likely N-dealkylation sites (tertiary alicyclic amines) is 1. The number of hydrogen-bond donors (Lipinski definition) is 1. The third-order valence-corrected chi connectivity index (χ3v) is 3.34. The van der Waals surface area contributed by atoms with Gasteiger partial charge in [0, 0.05) is 25.7 Å². The van der Waals surface area contributed by atoms with Gasteiger partial charge in [0.15, 0.2) is 0 Å². The molecule has 18 heavy (non-hydrogen) atoms. The van der Waals surface area contributed by atoms with Crippen LogP contribution in [0.15, 0.2) is 0 Å². The third kappa shape index (κ3) is 5.83. The maximum atomic E-state index is 12.0. The predicted octanol–water partition coefficient (Wildman–Crippen LogP) is 1.17. The molecule has 0 aromatic rings. The highest BCUT2D eigenvalue weighted by atomic mass is 16.2. The van der Waals surface area contributed by atoms with E-state index in [4.69, 9.17) is 0 Å². The molecule has 1 aliphatic heterocycles. The zero-order valence-electron chi connectivity index (χ0n) is 12.4. The second kappa shape index (κ2) is 7.74. The van der Waals surface area contributed by atoms with Crippen LogP contribution in [0.25, 0.3) is 0 Å². The SMILES string of the molecule is CC(C)CC(CN(C)C)NCC(=O)N1CCCC1. The minimum atomic E-state index is 0.264. The van der Waals surface area contributed by atoms with Gasteiger partial charge in [-0.1, -0.05) is 13.8 Å². The first-order chi connectivity index (χ1) is 8.49. The molecule has 0 spiro atoms. The van der Waals surface area contributed by atoms with Gasteiger partial charge in [-0.15, -0.1) is 0 Å². The molecule has 0 radical (unpaired) electrons. The highest BCUT2D eigenvalue weighted by Gasteiger charge is 2.19. The van der Waals surface area contributed by atoms with E-state index in [2.05, 4.69) is 38.2 Å². The number of nitrogens with zero attached hydrogens (tertiary/aromatic N) is 2. The first kappa shape index (κ1) is 15.4. The van der Waals surface area contributed by atoms with Crippen molar-refractivity contribution in [2.75, 3.05) is 40.3 Å². The van der Waals surface area contributed by atoms with Gasteiger partial charge in [0.1, 0.15) is 0 Å². The Hall–Kier alpha value is -0.610. The Morgan fingerprint density at radius 3 is 2.39 bits per heavy atom. The van der Waals surface area contributed by atoms with Crippen LogP contribution in [0.2, 0.25) is 0 Å². The molecule has 1 heterocycles. The molecule has 1 N–H and O–H groups in total. The monoisotopic (exact) mass is 255 g/mol. The van der Waals surface area contributed by atoms with Gasteiger partial charge in [-0.2, -0.15) is 0 Å². The Morgan fingerprint density at radius 1 is 1.28 bits per heavy atom. The molecule has 0 aromatic heterocycles. The fourth-order valence-corrected chi connectivity index (χ4v) is 2.54. The van der Waals surface area contributed by atoms with Crippen LogP contribution in [0, 0.1) is 5.92 Å². The van der Waals surface area contributed by atoms with Crippen molar-refractivity contribution in [3.63, 3.8) is 0 Å². The minimum absolute atomic E-state index is 0.264. The van der Waals surface area contributed by atoms with Crippen LogP contribution in [-0.2, 0) is 4.79 Å². The molecule has 4 nitrogen and oxygen atoms in total. The van der Waals surface area contributed by atoms with Crippen LogP contribution >= 0.6 is 0 Å². The van der Waals surface area contributed by atoms with Crippen molar-refractivity contribution in [3.05, 3.63) is 0 Å². The molecule has 0 saturated carbocycles. The Morgan fingerprint density at radius 2 is 1.89 bits per heavy atom. The van der Waals surface area contributed by atoms with E-state index >= 15 is 0 Å². The summed E-state index contributed by atoms with van der Waals surface area (Å²) < 4.78 is 0. The average molecular weight is 255 g/mol. The Bertz CT molecular complexity index is 237. The van der Waals surface area contributed by atoms with E-state index in [-0.39, 0.29) is 5.91 Å². The molecule has 1 unspecified atom stereocenters. The fourth-order valence-electron chi connectivity index (χ4n) is 2.54. The lowest BCUT2D eigenvalue weighted by atomic mass is 10.0. The lowest BCUT2D eigenvalue weighted by Crippen LogP contribution is -2.44. The van der Waals surface area contributed by atoms with E-state index in [1.165, 1.54) is 12.8 Å². The van der Waals surface area contributed by atoms with Crippen molar-refractivity contribution >= 4 is 5.91 Å². The van der Waals surface area contributed by atoms with E-state index in [9.17, 15) is 4.79 Å². The van der Waals surface area contributed by atoms with Crippen molar-refractivity contribution < 1.29 is 4.79 Å². The smallest absolute Gasteiger partial charge is 0.236 e. The van der Waals surface area contributed by atoms with Crippen molar-refractivity contribution in [3.8, 4) is 0 Å². The summed E-state index contributed by atoms with van der Waals surface area (Å²) in [7, 11) is 4.16. The van der Waals surface area contributed by atoms with Gasteiger partial charge in [0.25, 0.3) is 0 Å². The van der Waals surface area contributed by atoms with E-state index < -0.39 is 0 Å². The average Bonchev–Trinajstić information content (AvgIpc) is 2.77. The van der Waals surface area contributed by atoms with Gasteiger partial charge in [-0.3, -0.25) is 4.79 Å². The highest BCUT2D eigenvalue weighted by molar-refractivity contribution is 5.78. The lowest BCUT2D eigenvalue weighted by molar-refractivity contribution is -0.129. The second-order valence-corrected chi connectivity index (χ2v) is 6.06. The molecule has 1 rings (SSSR count). The molecule has 1 amide bonds. The normalized spacial score (nSPS) is 17.8. The highest BCUT2D eigenvalue weighted by Crippen LogP contribution is 2.08. The maximum absolute atomic E-state index is 12.0. The Labute approximate surface area is 112 Å². The van der Waals surface area contributed by atoms with Crippen LogP contribution in [0.5, 0.6) is 0 Å². The van der Waals surface area contributed by atoms with E-state index in [0.717, 1.165) is 26.1 Å². The maximum Gasteiger partial charge on any atom is 0.236 e. The number of hydrogen-bond acceptors (Lipinski definition) is 3. The van der Waals surface area contributed by atoms with Gasteiger partial charge in [0.05, 0.1) is 6.54 Å². The summed E-state index contributed by atoms with van der Waals surface area (Å²) in [5.74, 6) is 0.921. The van der Waals surface area contributed by atoms with Gasteiger partial charge >= 0.3 is 0 Å². The van der Waals surface area contributed by atoms with Gasteiger partial charge < -0.3 is 15.1 Å². The molecule has 0 aromatic carbocycles. The number of amides is 1. The zero-order valence-corrected chi connectivity index (χ0v) is 12.4. The van der Waals surface area contributed by atoms with Crippen LogP contribution in [0.4, 0.5) is 0 Å². The van der Waals surface area contributed by atoms with E-state index in [1.807, 2.05) is 4.90 Å². The summed E-state index contributed by atoms with van der Waals surface area (Å²) in [6.45, 7) is 7.84. The lowest BCUT2D eigenvalue weighted by Gasteiger charge is -2.25. The van der Waals surface area contributed by atoms with E-state index in [0.29, 0.717) is 18.5 Å². The molecule has 4 heteroatoms. The summed E-state index contributed by atoms with van der Waals surface area (Å²) in [6, 6.07) is 0.409. The van der Waals surface area contributed by atoms with Crippen LogP contribution in [-0.4, -0.2) is 62.0 Å². The minimum Gasteiger partial charge on any atom is -0.342 e. The number of rotatable bonds is 7. The summed E-state index contributed by atoms with van der Waals surface area (Å²) >= 11 is 0. The first-order valence-corrected chi connectivity index (χ1v) is 7.15. The molecule has 0 bridgehead atoms. The van der Waals surface area contributed by atoms with Gasteiger partial charge in [-0.05, 0) is 39.3 Å². The van der Waals surface area contributed by atoms with Crippen molar-refractivity contribution in [1.82, 2.24) is 15.1 Å². The van der Waals surface area contributed by atoms with Gasteiger partial charge in [-0.25, -0.2) is 0 Å². The van der Waals surface area contributed by atoms with Crippen molar-refractivity contribution in [1.29, 1.82) is 0 Å². The van der Waals surface area contributed by atoms with Crippen LogP contribution < -0.4 is 5.32 Å².